The Hall–Kier alpha value is -1.46. The van der Waals surface area contributed by atoms with Crippen molar-refractivity contribution < 1.29 is 27.0 Å². The standard InChI is InChI=1S/C27H40F4O2/c1-3-5-6-7-19-8-12-21(13-9-19)22-14-10-20(11-15-22)18-33-23-16-17-24(32-4-2)26(28)25(23)27(29,30)31/h16-17,19-22H,3-15,18H2,1-2H3. The summed E-state index contributed by atoms with van der Waals surface area (Å²) in [5, 5.41) is 0. The van der Waals surface area contributed by atoms with Gasteiger partial charge in [0.05, 0.1) is 13.2 Å². The molecule has 2 aliphatic rings. The van der Waals surface area contributed by atoms with E-state index in [1.165, 1.54) is 63.5 Å². The Bertz CT molecular complexity index is 718. The predicted molar refractivity (Wildman–Crippen MR) is 123 cm³/mol. The summed E-state index contributed by atoms with van der Waals surface area (Å²) < 4.78 is 65.4. The quantitative estimate of drug-likeness (QED) is 0.250. The molecule has 0 aliphatic heterocycles. The van der Waals surface area contributed by atoms with E-state index in [2.05, 4.69) is 6.92 Å². The zero-order valence-electron chi connectivity index (χ0n) is 20.2. The highest BCUT2D eigenvalue weighted by molar-refractivity contribution is 5.44. The average Bonchev–Trinajstić information content (AvgIpc) is 2.79. The minimum absolute atomic E-state index is 0.0954. The number of halogens is 4. The van der Waals surface area contributed by atoms with E-state index in [9.17, 15) is 17.6 Å². The van der Waals surface area contributed by atoms with Gasteiger partial charge in [-0.3, -0.25) is 0 Å². The molecule has 0 saturated heterocycles. The van der Waals surface area contributed by atoms with E-state index in [4.69, 9.17) is 9.47 Å². The third-order valence-electron chi connectivity index (χ3n) is 7.79. The first kappa shape index (κ1) is 26.2. The van der Waals surface area contributed by atoms with Crippen LogP contribution >= 0.6 is 0 Å². The Morgan fingerprint density at radius 2 is 1.36 bits per heavy atom. The molecule has 3 rings (SSSR count). The van der Waals surface area contributed by atoms with Gasteiger partial charge in [-0.1, -0.05) is 45.4 Å². The van der Waals surface area contributed by atoms with Gasteiger partial charge in [-0.25, -0.2) is 4.39 Å². The molecule has 1 aromatic rings. The number of hydrogen-bond donors (Lipinski definition) is 0. The molecule has 0 aromatic heterocycles. The van der Waals surface area contributed by atoms with Crippen molar-refractivity contribution in [3.8, 4) is 11.5 Å². The monoisotopic (exact) mass is 472 g/mol. The third-order valence-corrected chi connectivity index (χ3v) is 7.79. The van der Waals surface area contributed by atoms with Gasteiger partial charge in [0.2, 0.25) is 0 Å². The van der Waals surface area contributed by atoms with Crippen LogP contribution in [0.4, 0.5) is 17.6 Å². The van der Waals surface area contributed by atoms with Crippen molar-refractivity contribution in [1.29, 1.82) is 0 Å². The SMILES string of the molecule is CCCCCC1CCC(C2CCC(COc3ccc(OCC)c(F)c3C(F)(F)F)CC2)CC1. The third kappa shape index (κ3) is 7.26. The number of rotatable bonds is 10. The summed E-state index contributed by atoms with van der Waals surface area (Å²) in [4.78, 5) is 0. The summed E-state index contributed by atoms with van der Waals surface area (Å²) in [5.41, 5.74) is -1.36. The lowest BCUT2D eigenvalue weighted by Gasteiger charge is -2.38. The molecule has 0 bridgehead atoms. The molecule has 2 aliphatic carbocycles. The maximum absolute atomic E-state index is 14.4. The van der Waals surface area contributed by atoms with Crippen LogP contribution in [-0.4, -0.2) is 13.2 Å². The summed E-state index contributed by atoms with van der Waals surface area (Å²) in [5.74, 6) is 0.468. The van der Waals surface area contributed by atoms with Crippen molar-refractivity contribution in [2.45, 2.75) is 97.1 Å². The van der Waals surface area contributed by atoms with Crippen molar-refractivity contribution in [1.82, 2.24) is 0 Å². The van der Waals surface area contributed by atoms with Gasteiger partial charge in [0.25, 0.3) is 0 Å². The Balaban J connectivity index is 1.47. The molecule has 0 N–H and O–H groups in total. The van der Waals surface area contributed by atoms with E-state index in [1.54, 1.807) is 6.92 Å². The lowest BCUT2D eigenvalue weighted by molar-refractivity contribution is -0.141. The van der Waals surface area contributed by atoms with Crippen LogP contribution in [0, 0.1) is 29.5 Å². The number of alkyl halides is 3. The fraction of sp³-hybridized carbons (Fsp3) is 0.778. The molecule has 2 saturated carbocycles. The number of unbranched alkanes of at least 4 members (excludes halogenated alkanes) is 2. The van der Waals surface area contributed by atoms with E-state index in [0.717, 1.165) is 43.4 Å². The average molecular weight is 473 g/mol. The van der Waals surface area contributed by atoms with Gasteiger partial charge in [-0.2, -0.15) is 13.2 Å². The van der Waals surface area contributed by atoms with Gasteiger partial charge in [-0.05, 0) is 81.3 Å². The Labute approximate surface area is 196 Å². The van der Waals surface area contributed by atoms with Crippen LogP contribution in [0.25, 0.3) is 0 Å². The van der Waals surface area contributed by atoms with Crippen LogP contribution in [0.1, 0.15) is 96.5 Å². The molecule has 188 valence electrons. The van der Waals surface area contributed by atoms with Gasteiger partial charge in [0.15, 0.2) is 11.6 Å². The molecule has 1 aromatic carbocycles. The van der Waals surface area contributed by atoms with Crippen LogP contribution in [0.5, 0.6) is 11.5 Å². The van der Waals surface area contributed by atoms with Crippen molar-refractivity contribution in [3.63, 3.8) is 0 Å². The van der Waals surface area contributed by atoms with Gasteiger partial charge in [0, 0.05) is 0 Å². The second kappa shape index (κ2) is 12.3. The van der Waals surface area contributed by atoms with Crippen LogP contribution in [0.2, 0.25) is 0 Å². The highest BCUT2D eigenvalue weighted by Crippen LogP contribution is 2.44. The van der Waals surface area contributed by atoms with Gasteiger partial charge < -0.3 is 9.47 Å². The second-order valence-corrected chi connectivity index (χ2v) is 10.0. The van der Waals surface area contributed by atoms with Crippen LogP contribution < -0.4 is 9.47 Å². The molecule has 0 atom stereocenters. The molecule has 0 spiro atoms. The first-order valence-corrected chi connectivity index (χ1v) is 13.0. The van der Waals surface area contributed by atoms with Crippen LogP contribution in [0.3, 0.4) is 0 Å². The van der Waals surface area contributed by atoms with E-state index in [0.29, 0.717) is 0 Å². The minimum Gasteiger partial charge on any atom is -0.493 e. The highest BCUT2D eigenvalue weighted by atomic mass is 19.4. The first-order valence-electron chi connectivity index (χ1n) is 13.0. The zero-order chi connectivity index (χ0) is 23.8. The summed E-state index contributed by atoms with van der Waals surface area (Å²) in [6.07, 6.45) is 10.2. The van der Waals surface area contributed by atoms with Gasteiger partial charge in [0.1, 0.15) is 11.3 Å². The summed E-state index contributed by atoms with van der Waals surface area (Å²) >= 11 is 0. The largest absolute Gasteiger partial charge is 0.493 e. The predicted octanol–water partition coefficient (Wildman–Crippen LogP) is 8.82. The van der Waals surface area contributed by atoms with Crippen molar-refractivity contribution in [3.05, 3.63) is 23.5 Å². The lowest BCUT2D eigenvalue weighted by Crippen LogP contribution is -2.27. The maximum atomic E-state index is 14.4. The number of benzene rings is 1. The maximum Gasteiger partial charge on any atom is 0.422 e. The molecule has 0 heterocycles. The Kier molecular flexibility index (Phi) is 9.75. The molecule has 0 unspecified atom stereocenters. The minimum atomic E-state index is -4.83. The number of ether oxygens (including phenoxy) is 2. The van der Waals surface area contributed by atoms with Crippen molar-refractivity contribution in [2.24, 2.45) is 23.7 Å². The van der Waals surface area contributed by atoms with Crippen LogP contribution in [0.15, 0.2) is 12.1 Å². The molecule has 0 amide bonds. The lowest BCUT2D eigenvalue weighted by atomic mass is 9.69. The Morgan fingerprint density at radius 3 is 1.91 bits per heavy atom. The molecule has 0 radical (unpaired) electrons. The van der Waals surface area contributed by atoms with Crippen LogP contribution in [-0.2, 0) is 6.18 Å². The van der Waals surface area contributed by atoms with Gasteiger partial charge >= 0.3 is 6.18 Å². The first-order chi connectivity index (χ1) is 15.8. The van der Waals surface area contributed by atoms with E-state index in [1.807, 2.05) is 0 Å². The normalized spacial score (nSPS) is 26.2. The Morgan fingerprint density at radius 1 is 0.788 bits per heavy atom. The molecule has 2 nitrogen and oxygen atoms in total. The summed E-state index contributed by atoms with van der Waals surface area (Å²) in [6, 6.07) is 2.40. The van der Waals surface area contributed by atoms with Crippen molar-refractivity contribution >= 4 is 0 Å². The number of hydrogen-bond acceptors (Lipinski definition) is 2. The van der Waals surface area contributed by atoms with E-state index in [-0.39, 0.29) is 19.1 Å². The van der Waals surface area contributed by atoms with E-state index >= 15 is 0 Å². The fourth-order valence-electron chi connectivity index (χ4n) is 5.86. The zero-order valence-corrected chi connectivity index (χ0v) is 20.2. The summed E-state index contributed by atoms with van der Waals surface area (Å²) in [7, 11) is 0. The van der Waals surface area contributed by atoms with Crippen molar-refractivity contribution in [2.75, 3.05) is 13.2 Å². The molecule has 33 heavy (non-hydrogen) atoms. The molecule has 2 fully saturated rings. The smallest absolute Gasteiger partial charge is 0.422 e. The second-order valence-electron chi connectivity index (χ2n) is 10.0. The van der Waals surface area contributed by atoms with Gasteiger partial charge in [-0.15, -0.1) is 0 Å². The molecular formula is C27H40F4O2. The fourth-order valence-corrected chi connectivity index (χ4v) is 5.86. The molecule has 6 heteroatoms. The van der Waals surface area contributed by atoms with E-state index < -0.39 is 29.1 Å². The highest BCUT2D eigenvalue weighted by Gasteiger charge is 2.40. The summed E-state index contributed by atoms with van der Waals surface area (Å²) in [6.45, 7) is 4.15. The molecular weight excluding hydrogens is 432 g/mol. The topological polar surface area (TPSA) is 18.5 Å².